The second kappa shape index (κ2) is 7.87. The molecule has 2 aromatic carbocycles. The topological polar surface area (TPSA) is 87.2 Å². The molecule has 1 aromatic heterocycles. The first-order valence-electron chi connectivity index (χ1n) is 8.21. The monoisotopic (exact) mass is 437 g/mol. The second-order valence-electron chi connectivity index (χ2n) is 5.94. The van der Waals surface area contributed by atoms with Crippen LogP contribution in [-0.4, -0.2) is 31.1 Å². The maximum Gasteiger partial charge on any atom is 0.297 e. The van der Waals surface area contributed by atoms with Crippen molar-refractivity contribution in [2.24, 2.45) is 5.73 Å². The lowest BCUT2D eigenvalue weighted by Gasteiger charge is -2.10. The van der Waals surface area contributed by atoms with Crippen LogP contribution >= 0.6 is 15.9 Å². The summed E-state index contributed by atoms with van der Waals surface area (Å²) < 4.78 is 32.8. The van der Waals surface area contributed by atoms with E-state index in [4.69, 9.17) is 9.92 Å². The molecule has 0 fully saturated rings. The van der Waals surface area contributed by atoms with Gasteiger partial charge in [-0.2, -0.15) is 8.42 Å². The van der Waals surface area contributed by atoms with Crippen molar-refractivity contribution in [1.82, 2.24) is 9.55 Å². The minimum atomic E-state index is -3.78. The summed E-state index contributed by atoms with van der Waals surface area (Å²) in [6, 6.07) is 12.4. The summed E-state index contributed by atoms with van der Waals surface area (Å²) in [7, 11) is -3.78. The molecule has 0 aliphatic rings. The third-order valence-electron chi connectivity index (χ3n) is 4.02. The van der Waals surface area contributed by atoms with Crippen molar-refractivity contribution in [3.63, 3.8) is 0 Å². The Labute approximate surface area is 161 Å². The summed E-state index contributed by atoms with van der Waals surface area (Å²) in [4.78, 5) is 4.74. The Morgan fingerprint density at radius 1 is 1.19 bits per heavy atom. The molecular weight excluding hydrogens is 418 g/mol. The Bertz CT molecular complexity index is 1010. The predicted octanol–water partition coefficient (Wildman–Crippen LogP) is 3.01. The van der Waals surface area contributed by atoms with Crippen LogP contribution < -0.4 is 5.73 Å². The van der Waals surface area contributed by atoms with Crippen LogP contribution in [0.1, 0.15) is 11.4 Å². The Hall–Kier alpha value is -1.74. The van der Waals surface area contributed by atoms with E-state index in [1.54, 1.807) is 24.3 Å². The van der Waals surface area contributed by atoms with E-state index < -0.39 is 10.1 Å². The maximum absolute atomic E-state index is 12.3. The second-order valence-corrected chi connectivity index (χ2v) is 8.47. The summed E-state index contributed by atoms with van der Waals surface area (Å²) in [5, 5.41) is 0. The molecule has 3 rings (SSSR count). The predicted molar refractivity (Wildman–Crippen MR) is 105 cm³/mol. The number of aryl methyl sites for hydroxylation is 1. The van der Waals surface area contributed by atoms with Gasteiger partial charge in [-0.05, 0) is 43.8 Å². The zero-order valence-corrected chi connectivity index (χ0v) is 16.8. The van der Waals surface area contributed by atoms with Crippen LogP contribution in [0.2, 0.25) is 0 Å². The number of benzene rings is 2. The highest BCUT2D eigenvalue weighted by Gasteiger charge is 2.16. The van der Waals surface area contributed by atoms with Crippen LogP contribution in [0.25, 0.3) is 11.0 Å². The molecule has 1 heterocycles. The molecule has 0 aliphatic carbocycles. The highest BCUT2D eigenvalue weighted by molar-refractivity contribution is 9.10. The Kier molecular flexibility index (Phi) is 5.76. The molecule has 3 aromatic rings. The van der Waals surface area contributed by atoms with Gasteiger partial charge >= 0.3 is 0 Å². The van der Waals surface area contributed by atoms with Gasteiger partial charge in [0.2, 0.25) is 0 Å². The van der Waals surface area contributed by atoms with Gasteiger partial charge in [0, 0.05) is 17.4 Å². The summed E-state index contributed by atoms with van der Waals surface area (Å²) in [6.45, 7) is 2.75. The van der Waals surface area contributed by atoms with Crippen LogP contribution in [0.3, 0.4) is 0 Å². The summed E-state index contributed by atoms with van der Waals surface area (Å²) in [5.74, 6) is 0.817. The van der Waals surface area contributed by atoms with E-state index in [1.165, 1.54) is 0 Å². The number of aromatic nitrogens is 2. The smallest absolute Gasteiger partial charge is 0.297 e. The third kappa shape index (κ3) is 4.15. The molecule has 6 nitrogen and oxygen atoms in total. The number of hydrogen-bond donors (Lipinski definition) is 1. The Morgan fingerprint density at radius 3 is 2.62 bits per heavy atom. The molecule has 0 aliphatic heterocycles. The molecule has 26 heavy (non-hydrogen) atoms. The number of fused-ring (bicyclic) bond motifs is 1. The van der Waals surface area contributed by atoms with Crippen molar-refractivity contribution in [2.75, 3.05) is 13.2 Å². The number of halogens is 1. The number of rotatable bonds is 7. The molecule has 8 heteroatoms. The fourth-order valence-electron chi connectivity index (χ4n) is 2.73. The molecule has 0 amide bonds. The van der Waals surface area contributed by atoms with Crippen LogP contribution in [0.4, 0.5) is 0 Å². The fourth-order valence-corrected chi connectivity index (χ4v) is 3.97. The van der Waals surface area contributed by atoms with E-state index >= 15 is 0 Å². The van der Waals surface area contributed by atoms with Gasteiger partial charge < -0.3 is 10.3 Å². The highest BCUT2D eigenvalue weighted by Crippen LogP contribution is 2.22. The average Bonchev–Trinajstić information content (AvgIpc) is 2.92. The van der Waals surface area contributed by atoms with Crippen molar-refractivity contribution < 1.29 is 12.6 Å². The van der Waals surface area contributed by atoms with Crippen LogP contribution in [0.15, 0.2) is 51.8 Å². The van der Waals surface area contributed by atoms with Crippen molar-refractivity contribution >= 4 is 37.1 Å². The third-order valence-corrected chi connectivity index (χ3v) is 5.84. The lowest BCUT2D eigenvalue weighted by atomic mass is 10.2. The van der Waals surface area contributed by atoms with Gasteiger partial charge in [0.1, 0.15) is 5.82 Å². The van der Waals surface area contributed by atoms with E-state index in [1.807, 2.05) is 29.7 Å². The Balaban J connectivity index is 1.79. The molecule has 0 unspecified atom stereocenters. The molecule has 0 spiro atoms. The molecule has 138 valence electrons. The van der Waals surface area contributed by atoms with Gasteiger partial charge in [0.05, 0.1) is 22.5 Å². The normalized spacial score (nSPS) is 12.0. The van der Waals surface area contributed by atoms with Gasteiger partial charge in [0.25, 0.3) is 10.1 Å². The molecule has 0 atom stereocenters. The van der Waals surface area contributed by atoms with Crippen molar-refractivity contribution in [3.8, 4) is 0 Å². The highest BCUT2D eigenvalue weighted by atomic mass is 79.9. The van der Waals surface area contributed by atoms with Crippen LogP contribution in [0.5, 0.6) is 0 Å². The van der Waals surface area contributed by atoms with E-state index in [2.05, 4.69) is 20.9 Å². The molecular formula is C18H20BrN3O3S. The van der Waals surface area contributed by atoms with Gasteiger partial charge in [-0.3, -0.25) is 4.18 Å². The standard InChI is InChI=1S/C18H20BrN3O3S/c1-13-2-5-15(6-3-13)26(23,24)25-11-10-22-17-12-14(19)4-7-16(17)21-18(22)8-9-20/h2-7,12H,8-11,20H2,1H3. The number of hydrogen-bond acceptors (Lipinski definition) is 5. The minimum Gasteiger partial charge on any atom is -0.330 e. The van der Waals surface area contributed by atoms with Crippen molar-refractivity contribution in [1.29, 1.82) is 0 Å². The van der Waals surface area contributed by atoms with Crippen molar-refractivity contribution in [2.45, 2.75) is 24.8 Å². The van der Waals surface area contributed by atoms with Crippen LogP contribution in [-0.2, 0) is 27.3 Å². The lowest BCUT2D eigenvalue weighted by molar-refractivity contribution is 0.300. The fraction of sp³-hybridized carbons (Fsp3) is 0.278. The van der Waals surface area contributed by atoms with E-state index in [-0.39, 0.29) is 11.5 Å². The molecule has 0 saturated carbocycles. The van der Waals surface area contributed by atoms with E-state index in [9.17, 15) is 8.42 Å². The zero-order valence-electron chi connectivity index (χ0n) is 14.4. The maximum atomic E-state index is 12.3. The largest absolute Gasteiger partial charge is 0.330 e. The quantitative estimate of drug-likeness (QED) is 0.573. The molecule has 2 N–H and O–H groups in total. The molecule has 0 radical (unpaired) electrons. The lowest BCUT2D eigenvalue weighted by Crippen LogP contribution is -2.15. The van der Waals surface area contributed by atoms with Gasteiger partial charge in [0.15, 0.2) is 0 Å². The van der Waals surface area contributed by atoms with Gasteiger partial charge in [-0.15, -0.1) is 0 Å². The average molecular weight is 438 g/mol. The van der Waals surface area contributed by atoms with Crippen molar-refractivity contribution in [3.05, 3.63) is 58.3 Å². The number of imidazole rings is 1. The Morgan fingerprint density at radius 2 is 1.92 bits per heavy atom. The number of nitrogens with zero attached hydrogens (tertiary/aromatic N) is 2. The molecule has 0 saturated heterocycles. The number of nitrogens with two attached hydrogens (primary N) is 1. The molecule has 0 bridgehead atoms. The first-order chi connectivity index (χ1) is 12.4. The zero-order chi connectivity index (χ0) is 18.7. The van der Waals surface area contributed by atoms with Gasteiger partial charge in [-0.25, -0.2) is 4.98 Å². The summed E-state index contributed by atoms with van der Waals surface area (Å²) >= 11 is 3.46. The summed E-state index contributed by atoms with van der Waals surface area (Å²) in [5.41, 5.74) is 8.43. The minimum absolute atomic E-state index is 0.0196. The summed E-state index contributed by atoms with van der Waals surface area (Å²) in [6.07, 6.45) is 0.608. The van der Waals surface area contributed by atoms with Gasteiger partial charge in [-0.1, -0.05) is 33.6 Å². The van der Waals surface area contributed by atoms with Crippen LogP contribution in [0, 0.1) is 6.92 Å². The van der Waals surface area contributed by atoms with E-state index in [0.717, 1.165) is 26.9 Å². The van der Waals surface area contributed by atoms with E-state index in [0.29, 0.717) is 19.5 Å². The first kappa shape index (κ1) is 19.0. The first-order valence-corrected chi connectivity index (χ1v) is 10.4. The SMILES string of the molecule is Cc1ccc(S(=O)(=O)OCCn2c(CCN)nc3ccc(Br)cc32)cc1.